The lowest BCUT2D eigenvalue weighted by atomic mass is 10.1. The summed E-state index contributed by atoms with van der Waals surface area (Å²) in [7, 11) is 0. The Hall–Kier alpha value is -0.430. The third kappa shape index (κ3) is 3.61. The number of alkyl halides is 3. The number of rotatable bonds is 3. The van der Waals surface area contributed by atoms with Crippen molar-refractivity contribution >= 4 is 56.2 Å². The summed E-state index contributed by atoms with van der Waals surface area (Å²) >= 11 is 16.3. The van der Waals surface area contributed by atoms with Crippen molar-refractivity contribution in [2.45, 2.75) is 12.7 Å². The van der Waals surface area contributed by atoms with Crippen LogP contribution in [-0.2, 0) is 12.7 Å². The Labute approximate surface area is 135 Å². The van der Waals surface area contributed by atoms with Crippen LogP contribution in [0.4, 0.5) is 18.9 Å². The van der Waals surface area contributed by atoms with Gasteiger partial charge in [-0.15, -0.1) is 11.3 Å². The van der Waals surface area contributed by atoms with Crippen LogP contribution in [0.5, 0.6) is 0 Å². The van der Waals surface area contributed by atoms with Crippen LogP contribution in [0.15, 0.2) is 28.7 Å². The van der Waals surface area contributed by atoms with Crippen molar-refractivity contribution in [1.82, 2.24) is 0 Å². The number of nitrogens with one attached hydrogen (secondary N) is 1. The van der Waals surface area contributed by atoms with Crippen LogP contribution in [-0.4, -0.2) is 0 Å². The Kier molecular flexibility index (Phi) is 4.89. The molecule has 0 atom stereocenters. The lowest BCUT2D eigenvalue weighted by Gasteiger charge is -2.15. The van der Waals surface area contributed by atoms with Gasteiger partial charge < -0.3 is 5.32 Å². The van der Waals surface area contributed by atoms with Crippen molar-refractivity contribution in [3.8, 4) is 0 Å². The summed E-state index contributed by atoms with van der Waals surface area (Å²) in [4.78, 5) is 0.801. The van der Waals surface area contributed by atoms with Gasteiger partial charge in [0.05, 0.1) is 16.3 Å². The zero-order valence-electron chi connectivity index (χ0n) is 9.69. The van der Waals surface area contributed by atoms with E-state index >= 15 is 0 Å². The largest absolute Gasteiger partial charge is 0.418 e. The van der Waals surface area contributed by atoms with Crippen LogP contribution in [0.25, 0.3) is 0 Å². The molecule has 0 saturated carbocycles. The lowest BCUT2D eigenvalue weighted by Crippen LogP contribution is -2.10. The molecule has 0 aliphatic rings. The highest BCUT2D eigenvalue weighted by Crippen LogP contribution is 2.39. The van der Waals surface area contributed by atoms with Gasteiger partial charge >= 0.3 is 6.18 Å². The predicted octanol–water partition coefficient (Wildman–Crippen LogP) is 6.45. The molecule has 0 saturated heterocycles. The molecule has 108 valence electrons. The zero-order valence-corrected chi connectivity index (χ0v) is 13.6. The summed E-state index contributed by atoms with van der Waals surface area (Å²) in [5, 5.41) is 2.75. The maximum Gasteiger partial charge on any atom is 0.418 e. The summed E-state index contributed by atoms with van der Waals surface area (Å²) in [5.41, 5.74) is -0.908. The molecular weight excluding hydrogens is 398 g/mol. The summed E-state index contributed by atoms with van der Waals surface area (Å²) in [6.07, 6.45) is -4.46. The molecule has 1 N–H and O–H groups in total. The average Bonchev–Trinajstić information content (AvgIpc) is 2.66. The summed E-state index contributed by atoms with van der Waals surface area (Å²) in [6, 6.07) is 5.43. The van der Waals surface area contributed by atoms with E-state index < -0.39 is 11.7 Å². The van der Waals surface area contributed by atoms with E-state index in [1.807, 2.05) is 0 Å². The Morgan fingerprint density at radius 1 is 1.25 bits per heavy atom. The molecule has 20 heavy (non-hydrogen) atoms. The number of halogens is 6. The molecule has 0 spiro atoms. The first-order valence-electron chi connectivity index (χ1n) is 5.32. The number of hydrogen-bond donors (Lipinski definition) is 1. The Balaban J connectivity index is 2.25. The van der Waals surface area contributed by atoms with Crippen molar-refractivity contribution in [2.24, 2.45) is 0 Å². The molecule has 1 nitrogen and oxygen atoms in total. The third-order valence-corrected chi connectivity index (χ3v) is 5.24. The summed E-state index contributed by atoms with van der Waals surface area (Å²) in [5.74, 6) is 0. The van der Waals surface area contributed by atoms with E-state index in [4.69, 9.17) is 23.2 Å². The number of hydrogen-bond acceptors (Lipinski definition) is 2. The Morgan fingerprint density at radius 2 is 1.95 bits per heavy atom. The molecule has 0 unspecified atom stereocenters. The fourth-order valence-electron chi connectivity index (χ4n) is 1.59. The number of thiophene rings is 1. The Morgan fingerprint density at radius 3 is 2.50 bits per heavy atom. The van der Waals surface area contributed by atoms with Crippen molar-refractivity contribution < 1.29 is 13.2 Å². The standard InChI is InChI=1S/C12H7BrCl2F3NS/c13-8-4-6(20-11(8)15)5-19-10-7(12(16,17)18)2-1-3-9(10)14/h1-4,19H,5H2. The molecule has 8 heteroatoms. The van der Waals surface area contributed by atoms with Gasteiger partial charge in [-0.05, 0) is 34.1 Å². The van der Waals surface area contributed by atoms with Crippen molar-refractivity contribution in [3.05, 3.63) is 48.5 Å². The molecule has 1 aromatic carbocycles. The van der Waals surface area contributed by atoms with Crippen LogP contribution < -0.4 is 5.32 Å². The first-order valence-corrected chi connectivity index (χ1v) is 7.69. The second-order valence-corrected chi connectivity index (χ2v) is 6.85. The predicted molar refractivity (Wildman–Crippen MR) is 80.8 cm³/mol. The van der Waals surface area contributed by atoms with Gasteiger partial charge in [0.2, 0.25) is 0 Å². The molecule has 0 bridgehead atoms. The molecule has 0 aliphatic heterocycles. The molecule has 1 aromatic heterocycles. The molecule has 2 rings (SSSR count). The second-order valence-electron chi connectivity index (χ2n) is 3.85. The summed E-state index contributed by atoms with van der Waals surface area (Å²) in [6.45, 7) is 0.211. The topological polar surface area (TPSA) is 12.0 Å². The van der Waals surface area contributed by atoms with E-state index in [0.717, 1.165) is 15.4 Å². The van der Waals surface area contributed by atoms with Crippen LogP contribution >= 0.6 is 50.5 Å². The fourth-order valence-corrected chi connectivity index (χ4v) is 3.57. The van der Waals surface area contributed by atoms with E-state index in [1.54, 1.807) is 6.07 Å². The number of para-hydroxylation sites is 1. The molecule has 0 amide bonds. The van der Waals surface area contributed by atoms with Gasteiger partial charge in [-0.25, -0.2) is 0 Å². The fraction of sp³-hybridized carbons (Fsp3) is 0.167. The van der Waals surface area contributed by atoms with Gasteiger partial charge in [0.1, 0.15) is 4.34 Å². The van der Waals surface area contributed by atoms with Crippen molar-refractivity contribution in [3.63, 3.8) is 0 Å². The molecule has 0 radical (unpaired) electrons. The van der Waals surface area contributed by atoms with Crippen molar-refractivity contribution in [1.29, 1.82) is 0 Å². The highest BCUT2D eigenvalue weighted by molar-refractivity contribution is 9.10. The number of anilines is 1. The highest BCUT2D eigenvalue weighted by atomic mass is 79.9. The van der Waals surface area contributed by atoms with Gasteiger partial charge in [-0.2, -0.15) is 13.2 Å². The zero-order chi connectivity index (χ0) is 14.9. The minimum Gasteiger partial charge on any atom is -0.378 e. The first kappa shape index (κ1) is 15.9. The maximum atomic E-state index is 12.9. The first-order chi connectivity index (χ1) is 9.29. The van der Waals surface area contributed by atoms with Crippen LogP contribution in [0.2, 0.25) is 9.36 Å². The summed E-state index contributed by atoms with van der Waals surface area (Å²) < 4.78 is 40.0. The Bertz CT molecular complexity index is 608. The van der Waals surface area contributed by atoms with Gasteiger partial charge in [-0.1, -0.05) is 29.3 Å². The molecular formula is C12H7BrCl2F3NS. The number of benzene rings is 1. The van der Waals surface area contributed by atoms with Gasteiger partial charge in [0.25, 0.3) is 0 Å². The molecule has 0 aliphatic carbocycles. The average molecular weight is 405 g/mol. The van der Waals surface area contributed by atoms with Gasteiger partial charge in [0.15, 0.2) is 0 Å². The second kappa shape index (κ2) is 6.13. The molecule has 1 heterocycles. The van der Waals surface area contributed by atoms with E-state index in [-0.39, 0.29) is 17.3 Å². The van der Waals surface area contributed by atoms with Crippen LogP contribution in [0.3, 0.4) is 0 Å². The van der Waals surface area contributed by atoms with Crippen LogP contribution in [0, 0.1) is 0 Å². The van der Waals surface area contributed by atoms with Crippen LogP contribution in [0.1, 0.15) is 10.4 Å². The molecule has 0 fully saturated rings. The minimum atomic E-state index is -4.46. The van der Waals surface area contributed by atoms with E-state index in [0.29, 0.717) is 4.34 Å². The normalized spacial score (nSPS) is 11.7. The van der Waals surface area contributed by atoms with E-state index in [2.05, 4.69) is 21.2 Å². The minimum absolute atomic E-state index is 0.0292. The van der Waals surface area contributed by atoms with Crippen molar-refractivity contribution in [2.75, 3.05) is 5.32 Å². The maximum absolute atomic E-state index is 12.9. The van der Waals surface area contributed by atoms with Gasteiger partial charge in [-0.3, -0.25) is 0 Å². The SMILES string of the molecule is FC(F)(F)c1cccc(Cl)c1NCc1cc(Br)c(Cl)s1. The van der Waals surface area contributed by atoms with E-state index in [9.17, 15) is 13.2 Å². The lowest BCUT2D eigenvalue weighted by molar-refractivity contribution is -0.136. The van der Waals surface area contributed by atoms with E-state index in [1.165, 1.54) is 23.5 Å². The monoisotopic (exact) mass is 403 g/mol. The third-order valence-electron chi connectivity index (χ3n) is 2.45. The quantitative estimate of drug-likeness (QED) is 0.619. The highest BCUT2D eigenvalue weighted by Gasteiger charge is 2.34. The molecule has 2 aromatic rings. The smallest absolute Gasteiger partial charge is 0.378 e. The van der Waals surface area contributed by atoms with Gasteiger partial charge in [0, 0.05) is 15.9 Å².